The van der Waals surface area contributed by atoms with Crippen LogP contribution < -0.4 is 0 Å². The summed E-state index contributed by atoms with van der Waals surface area (Å²) in [6.07, 6.45) is 4.25. The van der Waals surface area contributed by atoms with Gasteiger partial charge in [0.05, 0.1) is 11.3 Å². The average molecular weight is 241 g/mol. The number of hydrogen-bond acceptors (Lipinski definition) is 5. The molecule has 0 saturated carbocycles. The van der Waals surface area contributed by atoms with Crippen molar-refractivity contribution in [2.75, 3.05) is 6.61 Å². The number of aromatic amines is 1. The lowest BCUT2D eigenvalue weighted by Gasteiger charge is -1.92. The van der Waals surface area contributed by atoms with E-state index in [2.05, 4.69) is 15.0 Å². The van der Waals surface area contributed by atoms with Crippen LogP contribution in [-0.2, 0) is 6.42 Å². The van der Waals surface area contributed by atoms with Crippen molar-refractivity contribution in [3.8, 4) is 0 Å². The Balaban J connectivity index is 2.24. The van der Waals surface area contributed by atoms with Gasteiger partial charge in [-0.2, -0.15) is 0 Å². The van der Waals surface area contributed by atoms with E-state index in [1.165, 1.54) is 0 Å². The van der Waals surface area contributed by atoms with Crippen molar-refractivity contribution >= 4 is 33.9 Å². The van der Waals surface area contributed by atoms with E-state index in [1.807, 2.05) is 0 Å². The quantitative estimate of drug-likeness (QED) is 0.635. The molecule has 2 N–H and O–H groups in total. The zero-order chi connectivity index (χ0) is 10.7. The maximum absolute atomic E-state index is 8.68. The Morgan fingerprint density at radius 1 is 1.47 bits per heavy atom. The molecule has 0 atom stereocenters. The van der Waals surface area contributed by atoms with Gasteiger partial charge in [0.1, 0.15) is 15.0 Å². The molecule has 0 aliphatic heterocycles. The first kappa shape index (κ1) is 10.7. The van der Waals surface area contributed by atoms with Gasteiger partial charge in [-0.15, -0.1) is 0 Å². The van der Waals surface area contributed by atoms with E-state index in [0.717, 1.165) is 34.6 Å². The van der Waals surface area contributed by atoms with Gasteiger partial charge in [-0.3, -0.25) is 0 Å². The molecule has 15 heavy (non-hydrogen) atoms. The molecule has 0 radical (unpaired) electrons. The number of H-pyrrole nitrogens is 1. The Hall–Kier alpha value is -0.850. The van der Waals surface area contributed by atoms with Gasteiger partial charge >= 0.3 is 0 Å². The number of thiazole rings is 1. The van der Waals surface area contributed by atoms with E-state index in [1.54, 1.807) is 17.7 Å². The summed E-state index contributed by atoms with van der Waals surface area (Å²) in [4.78, 5) is 12.3. The Kier molecular flexibility index (Phi) is 3.40. The predicted molar refractivity (Wildman–Crippen MR) is 62.6 cm³/mol. The highest BCUT2D eigenvalue weighted by Gasteiger charge is 2.05. The molecule has 2 aromatic rings. The fourth-order valence-electron chi connectivity index (χ4n) is 1.30. The Morgan fingerprint density at radius 2 is 2.33 bits per heavy atom. The summed E-state index contributed by atoms with van der Waals surface area (Å²) in [6, 6.07) is 0. The van der Waals surface area contributed by atoms with Crippen molar-refractivity contribution in [2.24, 2.45) is 0 Å². The number of fused-ring (bicyclic) bond motifs is 1. The zero-order valence-electron chi connectivity index (χ0n) is 8.06. The van der Waals surface area contributed by atoms with Crippen molar-refractivity contribution in [1.29, 1.82) is 0 Å². The Morgan fingerprint density at radius 3 is 3.07 bits per heavy atom. The second kappa shape index (κ2) is 4.78. The van der Waals surface area contributed by atoms with Crippen LogP contribution in [0.2, 0.25) is 0 Å². The number of aliphatic hydroxyl groups excluding tert-OH is 1. The second-order valence-corrected chi connectivity index (χ2v) is 4.64. The Bertz CT molecular complexity index is 505. The summed E-state index contributed by atoms with van der Waals surface area (Å²) in [6.45, 7) is 0.239. The van der Waals surface area contributed by atoms with E-state index in [0.29, 0.717) is 4.64 Å². The van der Waals surface area contributed by atoms with Crippen molar-refractivity contribution in [2.45, 2.75) is 19.3 Å². The van der Waals surface area contributed by atoms with Crippen LogP contribution in [0, 0.1) is 4.64 Å². The van der Waals surface area contributed by atoms with E-state index in [-0.39, 0.29) is 6.61 Å². The van der Waals surface area contributed by atoms with E-state index in [4.69, 9.17) is 17.3 Å². The molecular formula is C9H11N3OS2. The number of nitrogens with one attached hydrogen (secondary N) is 1. The van der Waals surface area contributed by atoms with Crippen LogP contribution in [0.1, 0.15) is 17.8 Å². The molecule has 0 aliphatic rings. The minimum absolute atomic E-state index is 0.239. The van der Waals surface area contributed by atoms with Gasteiger partial charge in [-0.1, -0.05) is 23.6 Å². The van der Waals surface area contributed by atoms with Gasteiger partial charge in [0.2, 0.25) is 0 Å². The highest BCUT2D eigenvalue weighted by Crippen LogP contribution is 2.20. The lowest BCUT2D eigenvalue weighted by molar-refractivity contribution is 0.284. The highest BCUT2D eigenvalue weighted by molar-refractivity contribution is 7.71. The number of nitrogens with zero attached hydrogens (tertiary/aromatic N) is 2. The lowest BCUT2D eigenvalue weighted by Crippen LogP contribution is -1.87. The van der Waals surface area contributed by atoms with Crippen molar-refractivity contribution in [1.82, 2.24) is 15.0 Å². The van der Waals surface area contributed by atoms with E-state index < -0.39 is 0 Å². The third kappa shape index (κ3) is 2.39. The van der Waals surface area contributed by atoms with Crippen LogP contribution in [-0.4, -0.2) is 26.7 Å². The number of aryl methyl sites for hydroxylation is 1. The van der Waals surface area contributed by atoms with E-state index >= 15 is 0 Å². The zero-order valence-corrected chi connectivity index (χ0v) is 9.70. The molecule has 0 amide bonds. The maximum atomic E-state index is 8.68. The molecule has 0 bridgehead atoms. The number of unbranched alkanes of at least 4 members (excludes halogenated alkanes) is 1. The van der Waals surface area contributed by atoms with Crippen LogP contribution >= 0.6 is 23.6 Å². The van der Waals surface area contributed by atoms with Gasteiger partial charge < -0.3 is 10.1 Å². The monoisotopic (exact) mass is 241 g/mol. The number of hydrogen-bond donors (Lipinski definition) is 2. The van der Waals surface area contributed by atoms with Crippen LogP contribution in [0.3, 0.4) is 0 Å². The molecule has 2 rings (SSSR count). The molecule has 4 nitrogen and oxygen atoms in total. The van der Waals surface area contributed by atoms with Gasteiger partial charge in [0.15, 0.2) is 0 Å². The largest absolute Gasteiger partial charge is 0.396 e. The standard InChI is InChI=1S/C9H11N3OS2/c13-4-2-1-3-6-12-7-8(14)10-5-11-9(7)15-6/h5,13H,1-4H2,(H,10,11,14). The van der Waals surface area contributed by atoms with Gasteiger partial charge in [-0.05, 0) is 19.3 Å². The van der Waals surface area contributed by atoms with Gasteiger partial charge in [-0.25, -0.2) is 9.97 Å². The summed E-state index contributed by atoms with van der Waals surface area (Å²) in [5.74, 6) is 0. The van der Waals surface area contributed by atoms with Gasteiger partial charge in [0.25, 0.3) is 0 Å². The molecule has 0 fully saturated rings. The van der Waals surface area contributed by atoms with Crippen LogP contribution in [0.4, 0.5) is 0 Å². The predicted octanol–water partition coefficient (Wildman–Crippen LogP) is 2.06. The minimum Gasteiger partial charge on any atom is -0.396 e. The first-order valence-electron chi connectivity index (χ1n) is 4.75. The summed E-state index contributed by atoms with van der Waals surface area (Å²) >= 11 is 6.68. The number of rotatable bonds is 4. The van der Waals surface area contributed by atoms with Gasteiger partial charge in [0, 0.05) is 6.61 Å². The maximum Gasteiger partial charge on any atom is 0.148 e. The molecule has 80 valence electrons. The molecule has 0 spiro atoms. The summed E-state index contributed by atoms with van der Waals surface area (Å²) < 4.78 is 0.643. The highest BCUT2D eigenvalue weighted by atomic mass is 32.1. The van der Waals surface area contributed by atoms with Crippen molar-refractivity contribution < 1.29 is 5.11 Å². The lowest BCUT2D eigenvalue weighted by atomic mass is 10.2. The molecule has 2 heterocycles. The third-order valence-corrected chi connectivity index (χ3v) is 3.38. The summed E-state index contributed by atoms with van der Waals surface area (Å²) in [5, 5.41) is 9.72. The summed E-state index contributed by atoms with van der Waals surface area (Å²) in [7, 11) is 0. The SMILES string of the molecule is OCCCCc1nc2c(=S)[nH]cnc2s1. The smallest absolute Gasteiger partial charge is 0.148 e. The van der Waals surface area contributed by atoms with Crippen molar-refractivity contribution in [3.05, 3.63) is 16.0 Å². The molecule has 0 unspecified atom stereocenters. The number of aliphatic hydroxyl groups is 1. The number of aromatic nitrogens is 3. The molecule has 0 saturated heterocycles. The normalized spacial score (nSPS) is 11.0. The van der Waals surface area contributed by atoms with Crippen LogP contribution in [0.5, 0.6) is 0 Å². The molecule has 0 aromatic carbocycles. The van der Waals surface area contributed by atoms with E-state index in [9.17, 15) is 0 Å². The second-order valence-electron chi connectivity index (χ2n) is 3.17. The van der Waals surface area contributed by atoms with Crippen molar-refractivity contribution in [3.63, 3.8) is 0 Å². The first-order chi connectivity index (χ1) is 7.31. The first-order valence-corrected chi connectivity index (χ1v) is 5.97. The molecular weight excluding hydrogens is 230 g/mol. The fraction of sp³-hybridized carbons (Fsp3) is 0.444. The molecule has 0 aliphatic carbocycles. The van der Waals surface area contributed by atoms with Crippen LogP contribution in [0.15, 0.2) is 6.33 Å². The summed E-state index contributed by atoms with van der Waals surface area (Å²) in [5.41, 5.74) is 0.788. The minimum atomic E-state index is 0.239. The van der Waals surface area contributed by atoms with Crippen LogP contribution in [0.25, 0.3) is 10.3 Å². The fourth-order valence-corrected chi connectivity index (χ4v) is 2.52. The topological polar surface area (TPSA) is 61.8 Å². The average Bonchev–Trinajstić information content (AvgIpc) is 2.63. The third-order valence-electron chi connectivity index (χ3n) is 2.04. The Labute approximate surface area is 96.0 Å². The molecule has 6 heteroatoms. The molecule has 2 aromatic heterocycles.